The summed E-state index contributed by atoms with van der Waals surface area (Å²) >= 11 is 3.60. The van der Waals surface area contributed by atoms with Gasteiger partial charge in [-0.25, -0.2) is 4.98 Å². The maximum Gasteiger partial charge on any atom is 0.229 e. The zero-order chi connectivity index (χ0) is 32.3. The molecule has 2 N–H and O–H groups in total. The first-order valence-electron chi connectivity index (χ1n) is 16.1. The lowest BCUT2D eigenvalue weighted by molar-refractivity contribution is 0.0982. The van der Waals surface area contributed by atoms with Crippen molar-refractivity contribution in [1.82, 2.24) is 19.8 Å². The first-order valence-corrected chi connectivity index (χ1v) is 19.5. The highest BCUT2D eigenvalue weighted by molar-refractivity contribution is 9.10. The number of anilines is 5. The number of likely N-dealkylation sites (N-methyl/N-ethyl adjacent to an activating group) is 1. The maximum atomic E-state index is 13.2. The Labute approximate surface area is 277 Å². The van der Waals surface area contributed by atoms with Crippen LogP contribution in [0.4, 0.5) is 28.8 Å². The van der Waals surface area contributed by atoms with Gasteiger partial charge in [-0.3, -0.25) is 4.90 Å². The van der Waals surface area contributed by atoms with E-state index in [1.165, 1.54) is 37.2 Å². The molecule has 0 aliphatic carbocycles. The van der Waals surface area contributed by atoms with Crippen LogP contribution in [0.2, 0.25) is 0 Å². The molecule has 0 radical (unpaired) electrons. The van der Waals surface area contributed by atoms with E-state index in [2.05, 4.69) is 98.3 Å². The Kier molecular flexibility index (Phi) is 10.8. The zero-order valence-corrected chi connectivity index (χ0v) is 30.3. The standard InChI is InChI=1S/C34H49BrN7O2P/c1-8-24-19-29(31(44-5)21-30(24)42-13-11-26(12-14-42)41-17-15-40(4)16-18-41)38-34-36-22-27(35)33(39-34)37-28-10-9-25(23(2)3)20-32(28)45(6,7)43/h9-10,19-23,26H,8,11-18H2,1-7H3,(H2,36,37,38,39). The van der Waals surface area contributed by atoms with E-state index < -0.39 is 7.14 Å². The van der Waals surface area contributed by atoms with Gasteiger partial charge in [-0.2, -0.15) is 4.98 Å². The van der Waals surface area contributed by atoms with Crippen LogP contribution < -0.4 is 25.6 Å². The van der Waals surface area contributed by atoms with E-state index in [-0.39, 0.29) is 0 Å². The van der Waals surface area contributed by atoms with E-state index in [1.807, 2.05) is 6.07 Å². The Morgan fingerprint density at radius 3 is 2.36 bits per heavy atom. The van der Waals surface area contributed by atoms with Crippen LogP contribution in [-0.2, 0) is 11.0 Å². The molecule has 2 aromatic carbocycles. The van der Waals surface area contributed by atoms with Gasteiger partial charge in [-0.15, -0.1) is 0 Å². The van der Waals surface area contributed by atoms with E-state index >= 15 is 0 Å². The first kappa shape index (κ1) is 33.7. The summed E-state index contributed by atoms with van der Waals surface area (Å²) in [6.45, 7) is 16.9. The number of hydrogen-bond acceptors (Lipinski definition) is 9. The molecule has 0 amide bonds. The van der Waals surface area contributed by atoms with Crippen LogP contribution in [0.15, 0.2) is 41.0 Å². The minimum Gasteiger partial charge on any atom is -0.494 e. The highest BCUT2D eigenvalue weighted by atomic mass is 79.9. The van der Waals surface area contributed by atoms with E-state index in [0.717, 1.165) is 60.6 Å². The summed E-state index contributed by atoms with van der Waals surface area (Å²) in [5.74, 6) is 2.13. The number of hydrogen-bond donors (Lipinski definition) is 2. The number of piperazine rings is 1. The molecule has 11 heteroatoms. The van der Waals surface area contributed by atoms with Gasteiger partial charge in [0, 0.05) is 68.6 Å². The molecule has 0 atom stereocenters. The average molecular weight is 699 g/mol. The van der Waals surface area contributed by atoms with E-state index in [4.69, 9.17) is 9.72 Å². The van der Waals surface area contributed by atoms with Crippen molar-refractivity contribution < 1.29 is 9.30 Å². The Morgan fingerprint density at radius 1 is 1.02 bits per heavy atom. The van der Waals surface area contributed by atoms with E-state index in [0.29, 0.717) is 28.2 Å². The largest absolute Gasteiger partial charge is 0.494 e. The fraction of sp³-hybridized carbons (Fsp3) is 0.529. The molecule has 0 unspecified atom stereocenters. The number of rotatable bonds is 10. The Balaban J connectivity index is 1.35. The molecule has 2 aliphatic heterocycles. The molecule has 0 spiro atoms. The van der Waals surface area contributed by atoms with E-state index in [1.54, 1.807) is 26.6 Å². The number of aromatic nitrogens is 2. The van der Waals surface area contributed by atoms with Crippen LogP contribution >= 0.6 is 23.1 Å². The topological polar surface area (TPSA) is 85.9 Å². The number of aryl methyl sites for hydroxylation is 1. The number of ether oxygens (including phenoxy) is 1. The minimum atomic E-state index is -2.55. The minimum absolute atomic E-state index is 0.342. The monoisotopic (exact) mass is 697 g/mol. The van der Waals surface area contributed by atoms with Crippen molar-refractivity contribution in [2.75, 3.05) is 82.3 Å². The summed E-state index contributed by atoms with van der Waals surface area (Å²) in [4.78, 5) is 17.0. The van der Waals surface area contributed by atoms with Gasteiger partial charge >= 0.3 is 0 Å². The highest BCUT2D eigenvalue weighted by Gasteiger charge is 2.28. The lowest BCUT2D eigenvalue weighted by Gasteiger charge is -2.43. The van der Waals surface area contributed by atoms with Gasteiger partial charge in [0.2, 0.25) is 5.95 Å². The molecule has 244 valence electrons. The van der Waals surface area contributed by atoms with Gasteiger partial charge in [0.05, 0.1) is 23.0 Å². The number of nitrogens with one attached hydrogen (secondary N) is 2. The van der Waals surface area contributed by atoms with Crippen LogP contribution in [0.1, 0.15) is 50.7 Å². The van der Waals surface area contributed by atoms with Gasteiger partial charge in [-0.1, -0.05) is 26.8 Å². The lowest BCUT2D eigenvalue weighted by atomic mass is 9.99. The average Bonchev–Trinajstić information content (AvgIpc) is 3.02. The molecule has 2 saturated heterocycles. The van der Waals surface area contributed by atoms with Gasteiger partial charge in [0.15, 0.2) is 0 Å². The molecular formula is C34H49BrN7O2P. The normalized spacial score (nSPS) is 17.1. The van der Waals surface area contributed by atoms with Crippen LogP contribution in [-0.4, -0.2) is 92.6 Å². The first-order chi connectivity index (χ1) is 21.5. The predicted octanol–water partition coefficient (Wildman–Crippen LogP) is 6.88. The Bertz CT molecular complexity index is 1530. The quantitative estimate of drug-likeness (QED) is 0.220. The number of methoxy groups -OCH3 is 1. The van der Waals surface area contributed by atoms with Gasteiger partial charge in [0.1, 0.15) is 18.7 Å². The van der Waals surface area contributed by atoms with Crippen LogP contribution in [0.25, 0.3) is 0 Å². The SMILES string of the molecule is CCc1cc(Nc2ncc(Br)c(Nc3ccc(C(C)C)cc3P(C)(C)=O)n2)c(OC)cc1N1CCC(N2CCN(C)CC2)CC1. The third kappa shape index (κ3) is 8.02. The summed E-state index contributed by atoms with van der Waals surface area (Å²) in [5, 5.41) is 7.64. The van der Waals surface area contributed by atoms with Crippen molar-refractivity contribution in [3.63, 3.8) is 0 Å². The van der Waals surface area contributed by atoms with Gasteiger partial charge < -0.3 is 29.7 Å². The smallest absolute Gasteiger partial charge is 0.229 e. The summed E-state index contributed by atoms with van der Waals surface area (Å²) in [6.07, 6.45) is 5.00. The molecule has 3 aromatic rings. The van der Waals surface area contributed by atoms with Crippen molar-refractivity contribution in [2.45, 2.75) is 52.0 Å². The summed E-state index contributed by atoms with van der Waals surface area (Å²) < 4.78 is 19.9. The lowest BCUT2D eigenvalue weighted by Crippen LogP contribution is -2.52. The van der Waals surface area contributed by atoms with Gasteiger partial charge in [-0.05, 0) is 90.8 Å². The molecule has 2 fully saturated rings. The van der Waals surface area contributed by atoms with Crippen molar-refractivity contribution in [3.05, 3.63) is 52.1 Å². The Morgan fingerprint density at radius 2 is 1.73 bits per heavy atom. The fourth-order valence-electron chi connectivity index (χ4n) is 6.34. The molecule has 9 nitrogen and oxygen atoms in total. The molecule has 0 saturated carbocycles. The second-order valence-electron chi connectivity index (χ2n) is 13.0. The summed E-state index contributed by atoms with van der Waals surface area (Å²) in [7, 11) is 1.38. The van der Waals surface area contributed by atoms with Crippen LogP contribution in [0.3, 0.4) is 0 Å². The third-order valence-electron chi connectivity index (χ3n) is 9.15. The molecule has 5 rings (SSSR count). The Hall–Kier alpha value is -2.65. The van der Waals surface area contributed by atoms with Crippen molar-refractivity contribution in [2.24, 2.45) is 0 Å². The molecule has 3 heterocycles. The highest BCUT2D eigenvalue weighted by Crippen LogP contribution is 2.41. The molecule has 1 aromatic heterocycles. The maximum absolute atomic E-state index is 13.2. The number of benzene rings is 2. The second kappa shape index (κ2) is 14.4. The predicted molar refractivity (Wildman–Crippen MR) is 193 cm³/mol. The molecule has 0 bridgehead atoms. The van der Waals surface area contributed by atoms with Crippen molar-refractivity contribution in [1.29, 1.82) is 0 Å². The zero-order valence-electron chi connectivity index (χ0n) is 27.9. The number of nitrogens with zero attached hydrogens (tertiary/aromatic N) is 5. The number of halogens is 1. The van der Waals surface area contributed by atoms with Crippen LogP contribution in [0.5, 0.6) is 5.75 Å². The van der Waals surface area contributed by atoms with Crippen molar-refractivity contribution >= 4 is 57.2 Å². The number of piperidine rings is 1. The molecule has 2 aliphatic rings. The van der Waals surface area contributed by atoms with Crippen LogP contribution in [0, 0.1) is 0 Å². The van der Waals surface area contributed by atoms with Crippen molar-refractivity contribution in [3.8, 4) is 5.75 Å². The second-order valence-corrected chi connectivity index (χ2v) is 17.1. The summed E-state index contributed by atoms with van der Waals surface area (Å²) in [5.41, 5.74) is 5.28. The summed E-state index contributed by atoms with van der Waals surface area (Å²) in [6, 6.07) is 11.1. The molecular weight excluding hydrogens is 649 g/mol. The third-order valence-corrected chi connectivity index (χ3v) is 11.3. The van der Waals surface area contributed by atoms with E-state index in [9.17, 15) is 4.57 Å². The fourth-order valence-corrected chi connectivity index (χ4v) is 7.80. The van der Waals surface area contributed by atoms with Gasteiger partial charge in [0.25, 0.3) is 0 Å². The molecule has 45 heavy (non-hydrogen) atoms.